The van der Waals surface area contributed by atoms with Gasteiger partial charge in [-0.05, 0) is 36.1 Å². The minimum absolute atomic E-state index is 0.0988. The normalized spacial score (nSPS) is 16.1. The van der Waals surface area contributed by atoms with Crippen LogP contribution < -0.4 is 5.53 Å². The summed E-state index contributed by atoms with van der Waals surface area (Å²) in [4.78, 5) is 0. The van der Waals surface area contributed by atoms with Gasteiger partial charge >= 0.3 is 0 Å². The maximum Gasteiger partial charge on any atom is 0.127 e. The summed E-state index contributed by atoms with van der Waals surface area (Å²) in [6.45, 7) is 1.95. The molecule has 3 aromatic rings. The molecule has 0 spiro atoms. The Kier molecular flexibility index (Phi) is 6.47. The SMILES string of the molecule is Fc1ccccc1CC1CN(Cc2ccccc2F)NN(Cc2ccccc2F)C1. The van der Waals surface area contributed by atoms with Crippen LogP contribution in [0.15, 0.2) is 72.8 Å². The van der Waals surface area contributed by atoms with E-state index in [0.29, 0.717) is 49.3 Å². The molecule has 6 heteroatoms. The lowest BCUT2D eigenvalue weighted by Gasteiger charge is -2.41. The molecule has 0 radical (unpaired) electrons. The van der Waals surface area contributed by atoms with Crippen molar-refractivity contribution in [3.63, 3.8) is 0 Å². The van der Waals surface area contributed by atoms with Crippen LogP contribution in [-0.2, 0) is 19.5 Å². The maximum absolute atomic E-state index is 14.2. The first-order valence-corrected chi connectivity index (χ1v) is 10.0. The lowest BCUT2D eigenvalue weighted by atomic mass is 9.97. The summed E-state index contributed by atoms with van der Waals surface area (Å²) in [5, 5.41) is 3.82. The minimum atomic E-state index is -0.267. The molecule has 1 heterocycles. The second-order valence-electron chi connectivity index (χ2n) is 7.71. The number of hydrogen-bond acceptors (Lipinski definition) is 3. The highest BCUT2D eigenvalue weighted by atomic mass is 19.1. The van der Waals surface area contributed by atoms with Gasteiger partial charge < -0.3 is 0 Å². The van der Waals surface area contributed by atoms with Gasteiger partial charge in [0.05, 0.1) is 0 Å². The summed E-state index contributed by atoms with van der Waals surface area (Å²) >= 11 is 0. The lowest BCUT2D eigenvalue weighted by Crippen LogP contribution is -2.58. The second kappa shape index (κ2) is 9.43. The second-order valence-corrected chi connectivity index (χ2v) is 7.71. The zero-order chi connectivity index (χ0) is 20.9. The van der Waals surface area contributed by atoms with Crippen LogP contribution >= 0.6 is 0 Å². The van der Waals surface area contributed by atoms with E-state index in [1.54, 1.807) is 48.5 Å². The molecule has 1 saturated heterocycles. The molecule has 30 heavy (non-hydrogen) atoms. The molecule has 156 valence electrons. The van der Waals surface area contributed by atoms with Gasteiger partial charge in [-0.3, -0.25) is 0 Å². The standard InChI is InChI=1S/C24H24F3N3/c25-22-10-4-1-7-19(22)13-18-14-29(16-20-8-2-5-11-23(20)26)28-30(15-18)17-21-9-3-6-12-24(21)27/h1-12,18,28H,13-17H2. The largest absolute Gasteiger partial charge is 0.226 e. The molecule has 0 amide bonds. The smallest absolute Gasteiger partial charge is 0.127 e. The summed E-state index contributed by atoms with van der Waals surface area (Å²) in [6, 6.07) is 20.1. The summed E-state index contributed by atoms with van der Waals surface area (Å²) in [6.07, 6.45) is 0.551. The number of nitrogens with zero attached hydrogens (tertiary/aromatic N) is 2. The number of hydrazine groups is 2. The third-order valence-electron chi connectivity index (χ3n) is 5.34. The Morgan fingerprint density at radius 2 is 1.03 bits per heavy atom. The van der Waals surface area contributed by atoms with E-state index in [1.165, 1.54) is 18.2 Å². The summed E-state index contributed by atoms with van der Waals surface area (Å²) < 4.78 is 42.5. The van der Waals surface area contributed by atoms with Gasteiger partial charge in [0.25, 0.3) is 0 Å². The third kappa shape index (κ3) is 5.08. The molecule has 0 aromatic heterocycles. The molecule has 1 aliphatic heterocycles. The summed E-state index contributed by atoms with van der Waals surface area (Å²) in [5.74, 6) is -0.661. The van der Waals surface area contributed by atoms with E-state index < -0.39 is 0 Å². The highest BCUT2D eigenvalue weighted by molar-refractivity contribution is 5.20. The van der Waals surface area contributed by atoms with Gasteiger partial charge in [0.2, 0.25) is 0 Å². The van der Waals surface area contributed by atoms with Gasteiger partial charge in [-0.25, -0.2) is 23.2 Å². The van der Waals surface area contributed by atoms with E-state index >= 15 is 0 Å². The highest BCUT2D eigenvalue weighted by Crippen LogP contribution is 2.21. The highest BCUT2D eigenvalue weighted by Gasteiger charge is 2.27. The molecule has 1 fully saturated rings. The van der Waals surface area contributed by atoms with Gasteiger partial charge in [-0.2, -0.15) is 5.53 Å². The molecule has 0 atom stereocenters. The van der Waals surface area contributed by atoms with Gasteiger partial charge in [-0.15, -0.1) is 0 Å². The summed E-state index contributed by atoms with van der Waals surface area (Å²) in [5.41, 5.74) is 5.07. The van der Waals surface area contributed by atoms with Crippen molar-refractivity contribution in [3.8, 4) is 0 Å². The number of hydrogen-bond donors (Lipinski definition) is 1. The molecule has 3 nitrogen and oxygen atoms in total. The zero-order valence-electron chi connectivity index (χ0n) is 16.6. The van der Waals surface area contributed by atoms with Crippen LogP contribution in [0.1, 0.15) is 16.7 Å². The molecule has 0 unspecified atom stereocenters. The Bertz CT molecular complexity index is 861. The van der Waals surface area contributed by atoms with Gasteiger partial charge in [0.1, 0.15) is 17.5 Å². The number of halogens is 3. The monoisotopic (exact) mass is 411 g/mol. The Hall–Kier alpha value is -2.67. The van der Waals surface area contributed by atoms with Crippen LogP contribution in [0.5, 0.6) is 0 Å². The molecule has 0 aliphatic carbocycles. The average Bonchev–Trinajstić information content (AvgIpc) is 2.73. The van der Waals surface area contributed by atoms with Crippen molar-refractivity contribution in [2.75, 3.05) is 13.1 Å². The van der Waals surface area contributed by atoms with Crippen LogP contribution in [0.25, 0.3) is 0 Å². The van der Waals surface area contributed by atoms with E-state index in [1.807, 2.05) is 16.1 Å². The van der Waals surface area contributed by atoms with Crippen molar-refractivity contribution in [2.45, 2.75) is 19.5 Å². The van der Waals surface area contributed by atoms with E-state index in [-0.39, 0.29) is 23.4 Å². The Balaban J connectivity index is 1.53. The molecule has 1 aliphatic rings. The first kappa shape index (κ1) is 20.6. The van der Waals surface area contributed by atoms with Crippen LogP contribution in [0.4, 0.5) is 13.2 Å². The van der Waals surface area contributed by atoms with Crippen LogP contribution in [0.3, 0.4) is 0 Å². The van der Waals surface area contributed by atoms with Crippen molar-refractivity contribution in [2.24, 2.45) is 5.92 Å². The lowest BCUT2D eigenvalue weighted by molar-refractivity contribution is -0.0550. The van der Waals surface area contributed by atoms with Crippen LogP contribution in [0.2, 0.25) is 0 Å². The van der Waals surface area contributed by atoms with Crippen LogP contribution in [0, 0.1) is 23.4 Å². The van der Waals surface area contributed by atoms with Gasteiger partial charge in [0, 0.05) is 37.3 Å². The van der Waals surface area contributed by atoms with Crippen molar-refractivity contribution >= 4 is 0 Å². The topological polar surface area (TPSA) is 18.5 Å². The average molecular weight is 411 g/mol. The van der Waals surface area contributed by atoms with Crippen molar-refractivity contribution in [1.29, 1.82) is 0 Å². The molecule has 0 bridgehead atoms. The van der Waals surface area contributed by atoms with Crippen LogP contribution in [-0.4, -0.2) is 23.1 Å². The van der Waals surface area contributed by atoms with E-state index in [4.69, 9.17) is 0 Å². The van der Waals surface area contributed by atoms with Gasteiger partial charge in [-0.1, -0.05) is 54.6 Å². The Labute approximate surface area is 174 Å². The van der Waals surface area contributed by atoms with Crippen molar-refractivity contribution in [3.05, 3.63) is 107 Å². The minimum Gasteiger partial charge on any atom is -0.226 e. The Morgan fingerprint density at radius 3 is 1.47 bits per heavy atom. The predicted octanol–water partition coefficient (Wildman–Crippen LogP) is 4.70. The molecule has 4 rings (SSSR count). The first-order valence-electron chi connectivity index (χ1n) is 10.0. The number of rotatable bonds is 6. The number of nitrogens with one attached hydrogen (secondary N) is 1. The predicted molar refractivity (Wildman–Crippen MR) is 110 cm³/mol. The molecule has 0 saturated carbocycles. The van der Waals surface area contributed by atoms with Gasteiger partial charge in [0.15, 0.2) is 0 Å². The molecule has 3 aromatic carbocycles. The maximum atomic E-state index is 14.2. The first-order chi connectivity index (χ1) is 14.6. The van der Waals surface area contributed by atoms with E-state index in [2.05, 4.69) is 5.53 Å². The van der Waals surface area contributed by atoms with Crippen molar-refractivity contribution in [1.82, 2.24) is 15.6 Å². The zero-order valence-corrected chi connectivity index (χ0v) is 16.6. The third-order valence-corrected chi connectivity index (χ3v) is 5.34. The fraction of sp³-hybridized carbons (Fsp3) is 0.250. The fourth-order valence-corrected chi connectivity index (χ4v) is 3.93. The fourth-order valence-electron chi connectivity index (χ4n) is 3.93. The molecule has 1 N–H and O–H groups in total. The Morgan fingerprint density at radius 1 is 0.633 bits per heavy atom. The summed E-state index contributed by atoms with van der Waals surface area (Å²) in [7, 11) is 0. The van der Waals surface area contributed by atoms with E-state index in [0.717, 1.165) is 0 Å². The van der Waals surface area contributed by atoms with Crippen molar-refractivity contribution < 1.29 is 13.2 Å². The molecular formula is C24H24F3N3. The number of benzene rings is 3. The quantitative estimate of drug-likeness (QED) is 0.634. The molecular weight excluding hydrogens is 387 g/mol. The van der Waals surface area contributed by atoms with E-state index in [9.17, 15) is 13.2 Å².